The van der Waals surface area contributed by atoms with Gasteiger partial charge in [0.1, 0.15) is 0 Å². The second-order valence-corrected chi connectivity index (χ2v) is 3.41. The average Bonchev–Trinajstić information content (AvgIpc) is 2.65. The predicted molar refractivity (Wildman–Crippen MR) is 44.7 cm³/mol. The van der Waals surface area contributed by atoms with Crippen molar-refractivity contribution in [3.8, 4) is 0 Å². The molecule has 1 heterocycles. The van der Waals surface area contributed by atoms with Crippen LogP contribution in [0.15, 0.2) is 17.5 Å². The number of halogens is 3. The van der Waals surface area contributed by atoms with E-state index in [-0.39, 0.29) is 4.88 Å². The summed E-state index contributed by atoms with van der Waals surface area (Å²) in [5.41, 5.74) is 0. The first-order chi connectivity index (χ1) is 6.84. The van der Waals surface area contributed by atoms with Crippen LogP contribution in [0.4, 0.5) is 13.2 Å². The van der Waals surface area contributed by atoms with Crippen LogP contribution in [0.3, 0.4) is 0 Å². The second kappa shape index (κ2) is 3.93. The van der Waals surface area contributed by atoms with Crippen LogP contribution in [-0.2, 0) is 9.59 Å². The van der Waals surface area contributed by atoms with Crippen molar-refractivity contribution in [3.05, 3.63) is 22.4 Å². The van der Waals surface area contributed by atoms with Gasteiger partial charge in [0, 0.05) is 0 Å². The first-order valence-electron chi connectivity index (χ1n) is 3.57. The summed E-state index contributed by atoms with van der Waals surface area (Å²) in [6.07, 6.45) is -5.30. The Bertz CT molecular complexity index is 405. The number of ketones is 3. The molecule has 0 fully saturated rings. The molecule has 3 nitrogen and oxygen atoms in total. The molecule has 1 aromatic heterocycles. The van der Waals surface area contributed by atoms with Crippen molar-refractivity contribution in [3.63, 3.8) is 0 Å². The minimum Gasteiger partial charge on any atom is -0.284 e. The van der Waals surface area contributed by atoms with Gasteiger partial charge in [0.15, 0.2) is 0 Å². The van der Waals surface area contributed by atoms with E-state index in [0.29, 0.717) is 0 Å². The molecule has 0 aliphatic heterocycles. The van der Waals surface area contributed by atoms with Gasteiger partial charge in [-0.25, -0.2) is 0 Å². The fourth-order valence-electron chi connectivity index (χ4n) is 0.752. The third-order valence-electron chi connectivity index (χ3n) is 1.41. The molecule has 80 valence electrons. The zero-order chi connectivity index (χ0) is 11.6. The van der Waals surface area contributed by atoms with Gasteiger partial charge in [-0.1, -0.05) is 6.07 Å². The Morgan fingerprint density at radius 1 is 1.20 bits per heavy atom. The average molecular weight is 236 g/mol. The van der Waals surface area contributed by atoms with Crippen LogP contribution in [0.25, 0.3) is 0 Å². The molecule has 0 unspecified atom stereocenters. The Labute approximate surface area is 85.5 Å². The van der Waals surface area contributed by atoms with E-state index in [4.69, 9.17) is 0 Å². The number of carbonyl (C=O) groups excluding carboxylic acids is 3. The Hall–Kier alpha value is -1.50. The van der Waals surface area contributed by atoms with Gasteiger partial charge in [-0.3, -0.25) is 14.4 Å². The molecule has 0 spiro atoms. The maximum absolute atomic E-state index is 11.8. The summed E-state index contributed by atoms with van der Waals surface area (Å²) in [5.74, 6) is -6.11. The molecule has 0 saturated carbocycles. The topological polar surface area (TPSA) is 51.2 Å². The number of hydrogen-bond acceptors (Lipinski definition) is 4. The van der Waals surface area contributed by atoms with Crippen molar-refractivity contribution in [1.82, 2.24) is 0 Å². The highest BCUT2D eigenvalue weighted by atomic mass is 32.1. The maximum atomic E-state index is 11.8. The summed E-state index contributed by atoms with van der Waals surface area (Å²) in [6.45, 7) is 0. The lowest BCUT2D eigenvalue weighted by atomic mass is 10.1. The molecule has 0 radical (unpaired) electrons. The molecule has 1 aromatic rings. The maximum Gasteiger partial charge on any atom is 0.458 e. The number of alkyl halides is 3. The lowest BCUT2D eigenvalue weighted by molar-refractivity contribution is -0.173. The molecule has 0 aromatic carbocycles. The summed E-state index contributed by atoms with van der Waals surface area (Å²) in [6, 6.07) is 2.57. The van der Waals surface area contributed by atoms with E-state index in [1.54, 1.807) is 0 Å². The van der Waals surface area contributed by atoms with Gasteiger partial charge in [-0.15, -0.1) is 11.3 Å². The number of rotatable bonds is 3. The minimum atomic E-state index is -5.30. The molecule has 0 N–H and O–H groups in total. The largest absolute Gasteiger partial charge is 0.458 e. The zero-order valence-corrected chi connectivity index (χ0v) is 7.82. The quantitative estimate of drug-likeness (QED) is 0.455. The van der Waals surface area contributed by atoms with Crippen LogP contribution < -0.4 is 0 Å². The van der Waals surface area contributed by atoms with Crippen molar-refractivity contribution < 1.29 is 27.6 Å². The Morgan fingerprint density at radius 2 is 1.80 bits per heavy atom. The third kappa shape index (κ3) is 2.50. The van der Waals surface area contributed by atoms with Gasteiger partial charge in [0.05, 0.1) is 4.88 Å². The van der Waals surface area contributed by atoms with E-state index in [1.807, 2.05) is 0 Å². The number of hydrogen-bond donors (Lipinski definition) is 0. The lowest BCUT2D eigenvalue weighted by Crippen LogP contribution is -2.35. The van der Waals surface area contributed by atoms with Crippen LogP contribution in [0, 0.1) is 0 Å². The lowest BCUT2D eigenvalue weighted by Gasteiger charge is -2.01. The van der Waals surface area contributed by atoms with Gasteiger partial charge in [-0.05, 0) is 11.4 Å². The van der Waals surface area contributed by atoms with Crippen molar-refractivity contribution in [2.24, 2.45) is 0 Å². The summed E-state index contributed by atoms with van der Waals surface area (Å²) in [7, 11) is 0. The van der Waals surface area contributed by atoms with Crippen molar-refractivity contribution in [2.75, 3.05) is 0 Å². The van der Waals surface area contributed by atoms with Gasteiger partial charge in [0.2, 0.25) is 5.78 Å². The molecule has 7 heteroatoms. The molecule has 0 amide bonds. The molecule has 1 rings (SSSR count). The SMILES string of the molecule is O=C(C(=O)c1cccs1)C(=O)C(F)(F)F. The second-order valence-electron chi connectivity index (χ2n) is 2.46. The zero-order valence-electron chi connectivity index (χ0n) is 7.00. The first-order valence-corrected chi connectivity index (χ1v) is 4.45. The molecule has 0 bridgehead atoms. The highest BCUT2D eigenvalue weighted by Crippen LogP contribution is 2.18. The highest BCUT2D eigenvalue weighted by molar-refractivity contribution is 7.13. The van der Waals surface area contributed by atoms with E-state index < -0.39 is 23.5 Å². The van der Waals surface area contributed by atoms with Crippen LogP contribution in [0.1, 0.15) is 9.67 Å². The third-order valence-corrected chi connectivity index (χ3v) is 2.28. The standard InChI is InChI=1S/C8H3F3O3S/c9-8(10,11)7(14)6(13)5(12)4-2-1-3-15-4/h1-3H. The van der Waals surface area contributed by atoms with Crippen LogP contribution in [0.5, 0.6) is 0 Å². The molecule has 15 heavy (non-hydrogen) atoms. The van der Waals surface area contributed by atoms with Crippen LogP contribution in [0.2, 0.25) is 0 Å². The minimum absolute atomic E-state index is 0.183. The van der Waals surface area contributed by atoms with E-state index >= 15 is 0 Å². The number of Topliss-reactive ketones (excluding diaryl/α,β-unsaturated/α-hetero) is 3. The highest BCUT2D eigenvalue weighted by Gasteiger charge is 2.46. The molecule has 0 aliphatic rings. The van der Waals surface area contributed by atoms with E-state index in [0.717, 1.165) is 11.3 Å². The fraction of sp³-hybridized carbons (Fsp3) is 0.125. The normalized spacial score (nSPS) is 11.1. The Morgan fingerprint density at radius 3 is 2.20 bits per heavy atom. The summed E-state index contributed by atoms with van der Waals surface area (Å²) in [4.78, 5) is 32.0. The molecular formula is C8H3F3O3S. The van der Waals surface area contributed by atoms with Crippen LogP contribution >= 0.6 is 11.3 Å². The van der Waals surface area contributed by atoms with Gasteiger partial charge in [0.25, 0.3) is 5.78 Å². The molecular weight excluding hydrogens is 233 g/mol. The molecule has 0 saturated heterocycles. The van der Waals surface area contributed by atoms with Crippen molar-refractivity contribution in [1.29, 1.82) is 0 Å². The van der Waals surface area contributed by atoms with Crippen molar-refractivity contribution in [2.45, 2.75) is 6.18 Å². The summed E-state index contributed by atoms with van der Waals surface area (Å²) >= 11 is 0.797. The Kier molecular flexibility index (Phi) is 3.04. The first kappa shape index (κ1) is 11.6. The number of thiophene rings is 1. The Balaban J connectivity index is 2.88. The summed E-state index contributed by atoms with van der Waals surface area (Å²) < 4.78 is 35.3. The monoisotopic (exact) mass is 236 g/mol. The molecule has 0 aliphatic carbocycles. The predicted octanol–water partition coefficient (Wildman–Crippen LogP) is 1.63. The smallest absolute Gasteiger partial charge is 0.284 e. The van der Waals surface area contributed by atoms with E-state index in [9.17, 15) is 27.6 Å². The van der Waals surface area contributed by atoms with Gasteiger partial charge < -0.3 is 0 Å². The number of carbonyl (C=O) groups is 3. The van der Waals surface area contributed by atoms with Crippen LogP contribution in [-0.4, -0.2) is 23.5 Å². The molecule has 0 atom stereocenters. The fourth-order valence-corrected chi connectivity index (χ4v) is 1.41. The van der Waals surface area contributed by atoms with E-state index in [1.165, 1.54) is 17.5 Å². The summed E-state index contributed by atoms with van der Waals surface area (Å²) in [5, 5.41) is 1.42. The van der Waals surface area contributed by atoms with Crippen molar-refractivity contribution >= 4 is 28.7 Å². The van der Waals surface area contributed by atoms with Gasteiger partial charge >= 0.3 is 12.0 Å². The van der Waals surface area contributed by atoms with E-state index in [2.05, 4.69) is 0 Å². The van der Waals surface area contributed by atoms with Gasteiger partial charge in [-0.2, -0.15) is 13.2 Å².